The van der Waals surface area contributed by atoms with Gasteiger partial charge < -0.3 is 14.9 Å². The minimum absolute atomic E-state index is 0.0419. The monoisotopic (exact) mass is 309 g/mol. The quantitative estimate of drug-likeness (QED) is 0.629. The first kappa shape index (κ1) is 16.1. The van der Waals surface area contributed by atoms with Crippen molar-refractivity contribution in [2.75, 3.05) is 20.3 Å². The summed E-state index contributed by atoms with van der Waals surface area (Å²) in [5.74, 6) is -1.16. The van der Waals surface area contributed by atoms with Gasteiger partial charge in [-0.2, -0.15) is 0 Å². The minimum Gasteiger partial charge on any atom is -0.477 e. The normalized spacial score (nSPS) is 13.4. The molecular formula is C10H15NO6S2. The third kappa shape index (κ3) is 4.88. The molecule has 0 bridgehead atoms. The fourth-order valence-electron chi connectivity index (χ4n) is 1.29. The number of hydrogen-bond donors (Lipinski definition) is 3. The maximum absolute atomic E-state index is 11.8. The van der Waals surface area contributed by atoms with Gasteiger partial charge >= 0.3 is 5.97 Å². The topological polar surface area (TPSA) is 113 Å². The molecule has 0 saturated heterocycles. The zero-order valence-electron chi connectivity index (χ0n) is 10.2. The van der Waals surface area contributed by atoms with Crippen LogP contribution in [0.5, 0.6) is 0 Å². The highest BCUT2D eigenvalue weighted by atomic mass is 32.2. The maximum Gasteiger partial charge on any atom is 0.345 e. The molecule has 9 heteroatoms. The molecule has 0 radical (unpaired) electrons. The number of methoxy groups -OCH3 is 1. The Bertz CT molecular complexity index is 524. The molecule has 0 fully saturated rings. The van der Waals surface area contributed by atoms with Gasteiger partial charge in [0.2, 0.25) is 10.0 Å². The first-order valence-electron chi connectivity index (χ1n) is 5.36. The lowest BCUT2D eigenvalue weighted by Gasteiger charge is -2.09. The Hall–Kier alpha value is -1.00. The summed E-state index contributed by atoms with van der Waals surface area (Å²) >= 11 is 0.680. The predicted molar refractivity (Wildman–Crippen MR) is 69.0 cm³/mol. The van der Waals surface area contributed by atoms with Gasteiger partial charge in [-0.3, -0.25) is 0 Å². The highest BCUT2D eigenvalue weighted by Crippen LogP contribution is 2.21. The van der Waals surface area contributed by atoms with Crippen molar-refractivity contribution in [1.82, 2.24) is 4.72 Å². The SMILES string of the molecule is COCC(O)CCNS(=O)(=O)c1ccc(C(=O)O)s1. The third-order valence-corrected chi connectivity index (χ3v) is 5.21. The van der Waals surface area contributed by atoms with Gasteiger partial charge in [-0.05, 0) is 18.6 Å². The van der Waals surface area contributed by atoms with Gasteiger partial charge in [0.05, 0.1) is 12.7 Å². The molecule has 0 spiro atoms. The second kappa shape index (κ2) is 6.96. The van der Waals surface area contributed by atoms with E-state index in [1.165, 1.54) is 19.2 Å². The number of nitrogens with one attached hydrogen (secondary N) is 1. The molecule has 0 aliphatic rings. The number of carbonyl (C=O) groups is 1. The van der Waals surface area contributed by atoms with Gasteiger partial charge in [-0.15, -0.1) is 11.3 Å². The lowest BCUT2D eigenvalue weighted by atomic mass is 10.3. The second-order valence-corrected chi connectivity index (χ2v) is 6.80. The van der Waals surface area contributed by atoms with Gasteiger partial charge in [-0.25, -0.2) is 17.9 Å². The fraction of sp³-hybridized carbons (Fsp3) is 0.500. The predicted octanol–water partition coefficient (Wildman–Crippen LogP) is 0.122. The number of thiophene rings is 1. The lowest BCUT2D eigenvalue weighted by Crippen LogP contribution is -2.28. The van der Waals surface area contributed by atoms with Crippen molar-refractivity contribution in [3.63, 3.8) is 0 Å². The highest BCUT2D eigenvalue weighted by molar-refractivity contribution is 7.91. The number of ether oxygens (including phenoxy) is 1. The van der Waals surface area contributed by atoms with E-state index in [4.69, 9.17) is 9.84 Å². The molecule has 1 atom stereocenters. The Kier molecular flexibility index (Phi) is 5.88. The summed E-state index contributed by atoms with van der Waals surface area (Å²) in [5, 5.41) is 18.1. The van der Waals surface area contributed by atoms with Crippen LogP contribution < -0.4 is 4.72 Å². The third-order valence-electron chi connectivity index (χ3n) is 2.19. The molecular weight excluding hydrogens is 294 g/mol. The Labute approximate surface area is 114 Å². The van der Waals surface area contributed by atoms with Crippen LogP contribution in [0, 0.1) is 0 Å². The van der Waals surface area contributed by atoms with E-state index >= 15 is 0 Å². The molecule has 3 N–H and O–H groups in total. The number of hydrogen-bond acceptors (Lipinski definition) is 6. The van der Waals surface area contributed by atoms with Gasteiger partial charge in [-0.1, -0.05) is 0 Å². The van der Waals surface area contributed by atoms with E-state index < -0.39 is 22.1 Å². The molecule has 1 aromatic heterocycles. The van der Waals surface area contributed by atoms with E-state index in [9.17, 15) is 18.3 Å². The first-order valence-corrected chi connectivity index (χ1v) is 7.66. The Balaban J connectivity index is 2.58. The lowest BCUT2D eigenvalue weighted by molar-refractivity contribution is 0.0603. The van der Waals surface area contributed by atoms with Gasteiger partial charge in [0.15, 0.2) is 0 Å². The van der Waals surface area contributed by atoms with Crippen LogP contribution in [-0.4, -0.2) is 51.0 Å². The largest absolute Gasteiger partial charge is 0.477 e. The van der Waals surface area contributed by atoms with Crippen LogP contribution in [0.25, 0.3) is 0 Å². The van der Waals surface area contributed by atoms with Gasteiger partial charge in [0.25, 0.3) is 0 Å². The van der Waals surface area contributed by atoms with Crippen molar-refractivity contribution in [1.29, 1.82) is 0 Å². The van der Waals surface area contributed by atoms with Crippen LogP contribution in [0.15, 0.2) is 16.3 Å². The number of carboxylic acid groups (broad SMARTS) is 1. The van der Waals surface area contributed by atoms with E-state index in [-0.39, 0.29) is 28.7 Å². The summed E-state index contributed by atoms with van der Waals surface area (Å²) in [5.41, 5.74) is 0. The Morgan fingerprint density at radius 3 is 2.74 bits per heavy atom. The molecule has 108 valence electrons. The van der Waals surface area contributed by atoms with E-state index in [1.54, 1.807) is 0 Å². The molecule has 0 amide bonds. The molecule has 0 saturated carbocycles. The number of aromatic carboxylic acids is 1. The van der Waals surface area contributed by atoms with Crippen LogP contribution in [0.3, 0.4) is 0 Å². The number of carboxylic acids is 1. The smallest absolute Gasteiger partial charge is 0.345 e. The van der Waals surface area contributed by atoms with E-state index in [0.717, 1.165) is 0 Å². The Morgan fingerprint density at radius 1 is 1.53 bits per heavy atom. The summed E-state index contributed by atoms with van der Waals surface area (Å²) in [6.07, 6.45) is -0.532. The van der Waals surface area contributed by atoms with Crippen LogP contribution in [0.2, 0.25) is 0 Å². The van der Waals surface area contributed by atoms with Crippen molar-refractivity contribution in [3.8, 4) is 0 Å². The molecule has 0 aliphatic carbocycles. The molecule has 1 aromatic rings. The van der Waals surface area contributed by atoms with Crippen molar-refractivity contribution >= 4 is 27.3 Å². The summed E-state index contributed by atoms with van der Waals surface area (Å²) in [4.78, 5) is 10.6. The molecule has 1 unspecified atom stereocenters. The van der Waals surface area contributed by atoms with Crippen molar-refractivity contribution in [2.24, 2.45) is 0 Å². The highest BCUT2D eigenvalue weighted by Gasteiger charge is 2.18. The van der Waals surface area contributed by atoms with Crippen LogP contribution in [0.1, 0.15) is 16.1 Å². The van der Waals surface area contributed by atoms with Crippen molar-refractivity contribution in [3.05, 3.63) is 17.0 Å². The fourth-order valence-corrected chi connectivity index (χ4v) is 3.52. The summed E-state index contributed by atoms with van der Waals surface area (Å²) in [6.45, 7) is 0.178. The van der Waals surface area contributed by atoms with E-state index in [0.29, 0.717) is 11.3 Å². The Morgan fingerprint density at radius 2 is 2.21 bits per heavy atom. The summed E-state index contributed by atoms with van der Waals surface area (Å²) in [6, 6.07) is 2.48. The zero-order valence-corrected chi connectivity index (χ0v) is 11.8. The standard InChI is InChI=1S/C10H15NO6S2/c1-17-6-7(12)4-5-11-19(15,16)9-3-2-8(18-9)10(13)14/h2-3,7,11-12H,4-6H2,1H3,(H,13,14). The summed E-state index contributed by atoms with van der Waals surface area (Å²) in [7, 11) is -2.29. The maximum atomic E-state index is 11.8. The number of sulfonamides is 1. The molecule has 1 rings (SSSR count). The zero-order chi connectivity index (χ0) is 14.5. The first-order chi connectivity index (χ1) is 8.86. The second-order valence-electron chi connectivity index (χ2n) is 3.72. The van der Waals surface area contributed by atoms with Crippen molar-refractivity contribution in [2.45, 2.75) is 16.7 Å². The van der Waals surface area contributed by atoms with Crippen LogP contribution >= 0.6 is 11.3 Å². The van der Waals surface area contributed by atoms with Crippen molar-refractivity contribution < 1.29 is 28.2 Å². The van der Waals surface area contributed by atoms with Crippen LogP contribution in [0.4, 0.5) is 0 Å². The van der Waals surface area contributed by atoms with E-state index in [1.807, 2.05) is 0 Å². The molecule has 19 heavy (non-hydrogen) atoms. The van der Waals surface area contributed by atoms with Crippen LogP contribution in [-0.2, 0) is 14.8 Å². The molecule has 0 aliphatic heterocycles. The number of aliphatic hydroxyl groups is 1. The van der Waals surface area contributed by atoms with Gasteiger partial charge in [0, 0.05) is 13.7 Å². The molecule has 1 heterocycles. The average Bonchev–Trinajstić information content (AvgIpc) is 2.79. The average molecular weight is 309 g/mol. The summed E-state index contributed by atoms with van der Waals surface area (Å²) < 4.78 is 30.5. The van der Waals surface area contributed by atoms with E-state index in [2.05, 4.69) is 4.72 Å². The molecule has 7 nitrogen and oxygen atoms in total. The number of aliphatic hydroxyl groups excluding tert-OH is 1. The molecule has 0 aromatic carbocycles. The number of rotatable bonds is 8. The van der Waals surface area contributed by atoms with Gasteiger partial charge in [0.1, 0.15) is 9.09 Å². The minimum atomic E-state index is -3.73.